The Hall–Kier alpha value is -1.92. The highest BCUT2D eigenvalue weighted by Crippen LogP contribution is 2.34. The molecule has 3 rings (SSSR count). The van der Waals surface area contributed by atoms with Gasteiger partial charge in [0.2, 0.25) is 0 Å². The Bertz CT molecular complexity index is 660. The van der Waals surface area contributed by atoms with Crippen molar-refractivity contribution >= 4 is 17.2 Å². The fourth-order valence-electron chi connectivity index (χ4n) is 2.99. The number of methoxy groups -OCH3 is 1. The lowest BCUT2D eigenvalue weighted by Gasteiger charge is -2.34. The number of nitrogens with zero attached hydrogens (tertiary/aromatic N) is 2. The summed E-state index contributed by atoms with van der Waals surface area (Å²) in [5.74, 6) is 0.630. The lowest BCUT2D eigenvalue weighted by atomic mass is 10.0. The number of aromatic nitrogens is 1. The third-order valence-corrected chi connectivity index (χ3v) is 5.04. The van der Waals surface area contributed by atoms with Gasteiger partial charge in [-0.05, 0) is 31.4 Å². The molecular weight excluding hydrogens is 324 g/mol. The first-order valence-electron chi connectivity index (χ1n) is 8.22. The van der Waals surface area contributed by atoms with E-state index in [1.165, 1.54) is 0 Å². The number of thiazole rings is 1. The van der Waals surface area contributed by atoms with Gasteiger partial charge in [-0.15, -0.1) is 11.3 Å². The topological polar surface area (TPSA) is 51.7 Å². The number of amides is 1. The van der Waals surface area contributed by atoms with Gasteiger partial charge in [-0.3, -0.25) is 4.79 Å². The summed E-state index contributed by atoms with van der Waals surface area (Å²) in [7, 11) is 1.63. The molecule has 5 nitrogen and oxygen atoms in total. The van der Waals surface area contributed by atoms with Crippen LogP contribution in [0.3, 0.4) is 0 Å². The van der Waals surface area contributed by atoms with Crippen molar-refractivity contribution in [1.82, 2.24) is 9.88 Å². The van der Waals surface area contributed by atoms with Crippen LogP contribution in [0, 0.1) is 0 Å². The Kier molecular flexibility index (Phi) is 5.82. The molecule has 0 aliphatic carbocycles. The largest absolute Gasteiger partial charge is 0.490 e. The van der Waals surface area contributed by atoms with Gasteiger partial charge in [-0.25, -0.2) is 4.98 Å². The van der Waals surface area contributed by atoms with Gasteiger partial charge in [0.1, 0.15) is 17.4 Å². The number of hydrogen-bond donors (Lipinski definition) is 0. The molecule has 1 aliphatic rings. The Balaban J connectivity index is 1.82. The van der Waals surface area contributed by atoms with Gasteiger partial charge in [0.25, 0.3) is 5.91 Å². The van der Waals surface area contributed by atoms with Crippen LogP contribution >= 0.6 is 11.3 Å². The van der Waals surface area contributed by atoms with Crippen molar-refractivity contribution in [2.24, 2.45) is 0 Å². The maximum Gasteiger partial charge on any atom is 0.258 e. The smallest absolute Gasteiger partial charge is 0.258 e. The van der Waals surface area contributed by atoms with Crippen molar-refractivity contribution in [3.8, 4) is 5.75 Å². The van der Waals surface area contributed by atoms with Gasteiger partial charge >= 0.3 is 0 Å². The van der Waals surface area contributed by atoms with Gasteiger partial charge in [-0.1, -0.05) is 12.1 Å². The molecule has 2 aromatic rings. The number of para-hydroxylation sites is 1. The second kappa shape index (κ2) is 8.26. The number of carbonyl (C=O) groups excluding carboxylic acids is 1. The van der Waals surface area contributed by atoms with Crippen LogP contribution in [-0.2, 0) is 4.74 Å². The second-order valence-electron chi connectivity index (χ2n) is 5.72. The number of likely N-dealkylation sites (tertiary alicyclic amines) is 1. The molecule has 0 N–H and O–H groups in total. The zero-order chi connectivity index (χ0) is 16.8. The maximum atomic E-state index is 13.2. The summed E-state index contributed by atoms with van der Waals surface area (Å²) in [6.45, 7) is 1.68. The number of benzene rings is 1. The zero-order valence-electron chi connectivity index (χ0n) is 13.8. The highest BCUT2D eigenvalue weighted by atomic mass is 32.1. The van der Waals surface area contributed by atoms with E-state index in [1.807, 2.05) is 34.5 Å². The average molecular weight is 346 g/mol. The fraction of sp³-hybridized carbons (Fsp3) is 0.444. The van der Waals surface area contributed by atoms with E-state index in [9.17, 15) is 4.79 Å². The lowest BCUT2D eigenvalue weighted by Crippen LogP contribution is -2.38. The average Bonchev–Trinajstić information content (AvgIpc) is 3.16. The Morgan fingerprint density at radius 3 is 3.00 bits per heavy atom. The van der Waals surface area contributed by atoms with Crippen molar-refractivity contribution in [2.75, 3.05) is 26.9 Å². The third kappa shape index (κ3) is 3.76. The Morgan fingerprint density at radius 2 is 2.21 bits per heavy atom. The number of rotatable bonds is 6. The summed E-state index contributed by atoms with van der Waals surface area (Å²) in [5.41, 5.74) is 0.608. The van der Waals surface area contributed by atoms with E-state index < -0.39 is 0 Å². The van der Waals surface area contributed by atoms with Gasteiger partial charge in [0.05, 0.1) is 18.2 Å². The molecule has 0 bridgehead atoms. The molecular formula is C18H22N2O3S. The first-order valence-corrected chi connectivity index (χ1v) is 9.10. The summed E-state index contributed by atoms with van der Waals surface area (Å²) in [6.07, 6.45) is 4.92. The predicted molar refractivity (Wildman–Crippen MR) is 93.6 cm³/mol. The highest BCUT2D eigenvalue weighted by Gasteiger charge is 2.31. The number of hydrogen-bond acceptors (Lipinski definition) is 5. The van der Waals surface area contributed by atoms with Crippen LogP contribution in [0.4, 0.5) is 0 Å². The molecule has 0 saturated carbocycles. The molecule has 1 aliphatic heterocycles. The number of carbonyl (C=O) groups is 1. The molecule has 1 aromatic heterocycles. The van der Waals surface area contributed by atoms with E-state index >= 15 is 0 Å². The van der Waals surface area contributed by atoms with Crippen LogP contribution in [0.5, 0.6) is 5.75 Å². The summed E-state index contributed by atoms with van der Waals surface area (Å²) in [6, 6.07) is 7.49. The Morgan fingerprint density at radius 1 is 1.33 bits per heavy atom. The molecule has 128 valence electrons. The monoisotopic (exact) mass is 346 g/mol. The van der Waals surface area contributed by atoms with Gasteiger partial charge < -0.3 is 14.4 Å². The van der Waals surface area contributed by atoms with Crippen LogP contribution < -0.4 is 4.74 Å². The summed E-state index contributed by atoms with van der Waals surface area (Å²) < 4.78 is 10.7. The first kappa shape index (κ1) is 16.9. The quantitative estimate of drug-likeness (QED) is 0.751. The van der Waals surface area contributed by atoms with Crippen molar-refractivity contribution in [3.63, 3.8) is 0 Å². The van der Waals surface area contributed by atoms with E-state index in [1.54, 1.807) is 24.6 Å². The van der Waals surface area contributed by atoms with Gasteiger partial charge in [0, 0.05) is 25.2 Å². The highest BCUT2D eigenvalue weighted by molar-refractivity contribution is 7.09. The van der Waals surface area contributed by atoms with Crippen LogP contribution in [-0.4, -0.2) is 42.7 Å². The standard InChI is InChI=1S/C18H22N2O3S/c1-22-11-12-23-16-8-3-2-6-14(16)18(21)20-10-5-4-7-15(20)17-19-9-13-24-17/h2-3,6,8-9,13,15H,4-5,7,10-12H2,1H3. The minimum Gasteiger partial charge on any atom is -0.490 e. The van der Waals surface area contributed by atoms with E-state index in [0.717, 1.165) is 30.8 Å². The van der Waals surface area contributed by atoms with Crippen LogP contribution in [0.15, 0.2) is 35.8 Å². The molecule has 6 heteroatoms. The van der Waals surface area contributed by atoms with E-state index in [4.69, 9.17) is 9.47 Å². The van der Waals surface area contributed by atoms with E-state index in [2.05, 4.69) is 4.98 Å². The molecule has 1 atom stereocenters. The van der Waals surface area contributed by atoms with Crippen molar-refractivity contribution in [1.29, 1.82) is 0 Å². The lowest BCUT2D eigenvalue weighted by molar-refractivity contribution is 0.0605. The van der Waals surface area contributed by atoms with Crippen molar-refractivity contribution in [2.45, 2.75) is 25.3 Å². The normalized spacial score (nSPS) is 17.7. The molecule has 1 fully saturated rings. The molecule has 1 saturated heterocycles. The van der Waals surface area contributed by atoms with E-state index in [0.29, 0.717) is 24.5 Å². The summed E-state index contributed by atoms with van der Waals surface area (Å²) in [4.78, 5) is 19.5. The SMILES string of the molecule is COCCOc1ccccc1C(=O)N1CCCCC1c1nccs1. The van der Waals surface area contributed by atoms with Gasteiger partial charge in [-0.2, -0.15) is 0 Å². The van der Waals surface area contributed by atoms with Crippen LogP contribution in [0.1, 0.15) is 40.7 Å². The van der Waals surface area contributed by atoms with Crippen molar-refractivity contribution < 1.29 is 14.3 Å². The molecule has 2 heterocycles. The summed E-state index contributed by atoms with van der Waals surface area (Å²) >= 11 is 1.61. The number of ether oxygens (including phenoxy) is 2. The van der Waals surface area contributed by atoms with E-state index in [-0.39, 0.29) is 11.9 Å². The van der Waals surface area contributed by atoms with Crippen molar-refractivity contribution in [3.05, 3.63) is 46.4 Å². The van der Waals surface area contributed by atoms with Crippen LogP contribution in [0.2, 0.25) is 0 Å². The zero-order valence-corrected chi connectivity index (χ0v) is 14.6. The van der Waals surface area contributed by atoms with Gasteiger partial charge in [0.15, 0.2) is 0 Å². The predicted octanol–water partition coefficient (Wildman–Crippen LogP) is 3.54. The Labute approximate surface area is 146 Å². The second-order valence-corrected chi connectivity index (χ2v) is 6.64. The van der Waals surface area contributed by atoms with Crippen LogP contribution in [0.25, 0.3) is 0 Å². The molecule has 0 radical (unpaired) electrons. The third-order valence-electron chi connectivity index (χ3n) is 4.16. The molecule has 1 amide bonds. The summed E-state index contributed by atoms with van der Waals surface area (Å²) in [5, 5.41) is 2.98. The fourth-order valence-corrected chi connectivity index (χ4v) is 3.77. The number of piperidine rings is 1. The molecule has 1 aromatic carbocycles. The first-order chi connectivity index (χ1) is 11.8. The minimum absolute atomic E-state index is 0.0166. The molecule has 0 spiro atoms. The molecule has 24 heavy (non-hydrogen) atoms. The molecule has 1 unspecified atom stereocenters. The maximum absolute atomic E-state index is 13.2. The minimum atomic E-state index is 0.0166.